The largest absolute Gasteiger partial charge is 0.448 e. The number of carbonyl (C=O) groups is 1. The van der Waals surface area contributed by atoms with Crippen LogP contribution in [-0.4, -0.2) is 18.5 Å². The van der Waals surface area contributed by atoms with E-state index in [-0.39, 0.29) is 37.7 Å². The Hall–Kier alpha value is 0.880. The van der Waals surface area contributed by atoms with E-state index in [1.165, 1.54) is 0 Å². The smallest absolute Gasteiger partial charge is 0.403 e. The van der Waals surface area contributed by atoms with Gasteiger partial charge in [-0.2, -0.15) is 0 Å². The van der Waals surface area contributed by atoms with Crippen LogP contribution in [0, 0.1) is 37.7 Å². The molecular formula is C3H3ArClF2O2. The van der Waals surface area contributed by atoms with Crippen LogP contribution in [0.1, 0.15) is 0 Å². The second-order valence-electron chi connectivity index (χ2n) is 0.940. The third kappa shape index (κ3) is 12.2. The Bertz CT molecular complexity index is 89.9. The van der Waals surface area contributed by atoms with Crippen LogP contribution in [0.4, 0.5) is 13.6 Å². The van der Waals surface area contributed by atoms with E-state index in [4.69, 9.17) is 0 Å². The Balaban J connectivity index is 0. The molecule has 0 aromatic rings. The average molecular weight is 184 g/mol. The first-order valence-electron chi connectivity index (χ1n) is 1.73. The van der Waals surface area contributed by atoms with Gasteiger partial charge in [0, 0.05) is 49.3 Å². The van der Waals surface area contributed by atoms with Crippen LogP contribution in [0.3, 0.4) is 0 Å². The van der Waals surface area contributed by atoms with Gasteiger partial charge < -0.3 is 4.74 Å². The SMILES string of the molecule is O=C(Cl)OCC(F)F.[Ar]. The summed E-state index contributed by atoms with van der Waals surface area (Å²) >= 11 is 4.53. The molecular weight excluding hydrogens is 181 g/mol. The van der Waals surface area contributed by atoms with Crippen LogP contribution >= 0.6 is 11.6 Å². The van der Waals surface area contributed by atoms with Crippen molar-refractivity contribution >= 4 is 17.0 Å². The maximum atomic E-state index is 11.1. The van der Waals surface area contributed by atoms with Crippen molar-refractivity contribution in [2.24, 2.45) is 0 Å². The second-order valence-corrected chi connectivity index (χ2v) is 1.25. The number of alkyl halides is 2. The van der Waals surface area contributed by atoms with E-state index in [0.717, 1.165) is 0 Å². The van der Waals surface area contributed by atoms with Gasteiger partial charge in [-0.25, -0.2) is 13.6 Å². The number of halogens is 3. The minimum Gasteiger partial charge on any atom is -0.448 e. The Morgan fingerprint density at radius 3 is 2.22 bits per heavy atom. The van der Waals surface area contributed by atoms with Crippen molar-refractivity contribution in [3.8, 4) is 0 Å². The summed E-state index contributed by atoms with van der Waals surface area (Å²) in [5.74, 6) is 0. The van der Waals surface area contributed by atoms with Crippen molar-refractivity contribution in [2.75, 3.05) is 6.61 Å². The molecule has 9 heavy (non-hydrogen) atoms. The van der Waals surface area contributed by atoms with Gasteiger partial charge in [0.05, 0.1) is 0 Å². The molecule has 0 aliphatic heterocycles. The molecule has 0 unspecified atom stereocenters. The van der Waals surface area contributed by atoms with Crippen LogP contribution in [0.25, 0.3) is 0 Å². The quantitative estimate of drug-likeness (QED) is 0.610. The van der Waals surface area contributed by atoms with Crippen molar-refractivity contribution in [3.05, 3.63) is 0 Å². The van der Waals surface area contributed by atoms with Gasteiger partial charge >= 0.3 is 5.43 Å². The molecule has 0 aliphatic carbocycles. The molecule has 0 bridgehead atoms. The molecule has 56 valence electrons. The first kappa shape index (κ1) is 12.5. The van der Waals surface area contributed by atoms with Gasteiger partial charge in [-0.15, -0.1) is 0 Å². The molecule has 0 spiro atoms. The van der Waals surface area contributed by atoms with E-state index in [9.17, 15) is 13.6 Å². The molecule has 0 heterocycles. The molecule has 2 nitrogen and oxygen atoms in total. The van der Waals surface area contributed by atoms with E-state index >= 15 is 0 Å². The second kappa shape index (κ2) is 6.99. The van der Waals surface area contributed by atoms with Crippen molar-refractivity contribution < 1.29 is 56.1 Å². The molecule has 0 aromatic heterocycles. The zero-order chi connectivity index (χ0) is 6.57. The summed E-state index contributed by atoms with van der Waals surface area (Å²) in [5, 5.41) is 0. The number of rotatable bonds is 2. The fourth-order valence-electron chi connectivity index (χ4n) is 0.129. The number of carbonyl (C=O) groups excluding carboxylic acids is 1. The van der Waals surface area contributed by atoms with Crippen LogP contribution < -0.4 is 0 Å². The zero-order valence-corrected chi connectivity index (χ0v) is 5.55. The van der Waals surface area contributed by atoms with Gasteiger partial charge in [-0.05, 0) is 0 Å². The fraction of sp³-hybridized carbons (Fsp3) is 0.667. The molecule has 0 atom stereocenters. The Kier molecular flexibility index (Phi) is 9.75. The molecule has 0 amide bonds. The van der Waals surface area contributed by atoms with Crippen LogP contribution in [-0.2, 0) is 4.74 Å². The molecule has 0 saturated heterocycles. The Labute approximate surface area is 85.5 Å². The van der Waals surface area contributed by atoms with Crippen LogP contribution in [0.2, 0.25) is 0 Å². The van der Waals surface area contributed by atoms with Gasteiger partial charge in [0.15, 0.2) is 6.61 Å². The molecule has 0 radical (unpaired) electrons. The number of ether oxygens (including phenoxy) is 1. The number of hydrogen-bond acceptors (Lipinski definition) is 2. The molecule has 6 heteroatoms. The summed E-state index contributed by atoms with van der Waals surface area (Å²) in [5.41, 5.74) is -1.20. The van der Waals surface area contributed by atoms with Crippen molar-refractivity contribution in [3.63, 3.8) is 0 Å². The molecule has 0 rings (SSSR count). The summed E-state index contributed by atoms with van der Waals surface area (Å²) in [6.07, 6.45) is -2.64. The fourth-order valence-corrected chi connectivity index (χ4v) is 0.192. The van der Waals surface area contributed by atoms with Gasteiger partial charge in [0.25, 0.3) is 6.43 Å². The Morgan fingerprint density at radius 2 is 2.11 bits per heavy atom. The molecule has 0 N–H and O–H groups in total. The average Bonchev–Trinajstić information content (AvgIpc) is 1.61. The summed E-state index contributed by atoms with van der Waals surface area (Å²) in [6, 6.07) is 0. The van der Waals surface area contributed by atoms with Crippen molar-refractivity contribution in [2.45, 2.75) is 6.43 Å². The van der Waals surface area contributed by atoms with E-state index in [2.05, 4.69) is 16.3 Å². The van der Waals surface area contributed by atoms with Crippen LogP contribution in [0.5, 0.6) is 0 Å². The third-order valence-electron chi connectivity index (χ3n) is 0.323. The summed E-state index contributed by atoms with van der Waals surface area (Å²) in [7, 11) is 0. The van der Waals surface area contributed by atoms with E-state index < -0.39 is 18.5 Å². The van der Waals surface area contributed by atoms with Crippen LogP contribution in [0.15, 0.2) is 0 Å². The predicted molar refractivity (Wildman–Crippen MR) is 23.2 cm³/mol. The molecule has 0 aromatic carbocycles. The topological polar surface area (TPSA) is 26.3 Å². The predicted octanol–water partition coefficient (Wildman–Crippen LogP) is 1.63. The molecule has 0 fully saturated rings. The van der Waals surface area contributed by atoms with E-state index in [1.54, 1.807) is 0 Å². The summed E-state index contributed by atoms with van der Waals surface area (Å²) < 4.78 is 25.8. The maximum Gasteiger partial charge on any atom is 0.403 e. The molecule has 0 aliphatic rings. The first-order valence-corrected chi connectivity index (χ1v) is 2.11. The summed E-state index contributed by atoms with van der Waals surface area (Å²) in [6.45, 7) is -0.928. The van der Waals surface area contributed by atoms with E-state index in [0.29, 0.717) is 0 Å². The molecule has 0 saturated carbocycles. The zero-order valence-electron chi connectivity index (χ0n) is 4.09. The van der Waals surface area contributed by atoms with Crippen molar-refractivity contribution in [1.29, 1.82) is 0 Å². The minimum absolute atomic E-state index is 0. The maximum absolute atomic E-state index is 11.1. The minimum atomic E-state index is -2.64. The van der Waals surface area contributed by atoms with Crippen molar-refractivity contribution in [1.82, 2.24) is 0 Å². The first-order chi connectivity index (χ1) is 3.63. The van der Waals surface area contributed by atoms with Gasteiger partial charge in [0.2, 0.25) is 0 Å². The van der Waals surface area contributed by atoms with E-state index in [1.807, 2.05) is 0 Å². The Morgan fingerprint density at radius 1 is 1.67 bits per heavy atom. The number of hydrogen-bond donors (Lipinski definition) is 0. The van der Waals surface area contributed by atoms with Gasteiger partial charge in [-0.3, -0.25) is 0 Å². The summed E-state index contributed by atoms with van der Waals surface area (Å²) in [4.78, 5) is 9.56. The van der Waals surface area contributed by atoms with Gasteiger partial charge in [-0.1, -0.05) is 0 Å². The monoisotopic (exact) mass is 184 g/mol. The normalized spacial score (nSPS) is 8.44. The third-order valence-corrected chi connectivity index (χ3v) is 0.432. The van der Waals surface area contributed by atoms with Gasteiger partial charge in [0.1, 0.15) is 0 Å². The standard InChI is InChI=1S/C3H3ClF2O2.Ar/c4-3(7)8-1-2(5)6;/h2H,1H2;.